The molecule has 2 heterocycles. The molecule has 2 unspecified atom stereocenters. The first-order valence-corrected chi connectivity index (χ1v) is 9.94. The summed E-state index contributed by atoms with van der Waals surface area (Å²) in [6, 6.07) is 19.0. The monoisotopic (exact) mass is 400 g/mol. The van der Waals surface area contributed by atoms with Crippen molar-refractivity contribution in [3.63, 3.8) is 0 Å². The fourth-order valence-electron chi connectivity index (χ4n) is 5.99. The molecule has 2 aromatic carbocycles. The summed E-state index contributed by atoms with van der Waals surface area (Å²) in [4.78, 5) is 50.8. The summed E-state index contributed by atoms with van der Waals surface area (Å²) >= 11 is 0. The van der Waals surface area contributed by atoms with Crippen molar-refractivity contribution >= 4 is 35.0 Å². The predicted molar refractivity (Wildman–Crippen MR) is 103 cm³/mol. The molecular formula is C24H16O6. The predicted octanol–water partition coefficient (Wildman–Crippen LogP) is 2.49. The van der Waals surface area contributed by atoms with Gasteiger partial charge in [0.1, 0.15) is 0 Å². The summed E-state index contributed by atoms with van der Waals surface area (Å²) < 4.78 is 10.1. The van der Waals surface area contributed by atoms with Crippen molar-refractivity contribution in [2.45, 2.75) is 0 Å². The van der Waals surface area contributed by atoms with Crippen LogP contribution in [0.1, 0.15) is 11.1 Å². The van der Waals surface area contributed by atoms with Crippen LogP contribution >= 0.6 is 0 Å². The Balaban J connectivity index is 1.70. The number of allylic oxidation sites excluding steroid dienone is 2. The summed E-state index contributed by atoms with van der Waals surface area (Å²) in [6.45, 7) is 0. The van der Waals surface area contributed by atoms with Crippen LogP contribution in [0.3, 0.4) is 0 Å². The van der Waals surface area contributed by atoms with Gasteiger partial charge >= 0.3 is 23.9 Å². The molecule has 6 heteroatoms. The molecule has 1 saturated carbocycles. The molecule has 2 aliphatic heterocycles. The lowest BCUT2D eigenvalue weighted by molar-refractivity contribution is -0.154. The molecule has 2 aromatic rings. The normalized spacial score (nSPS) is 34.0. The quantitative estimate of drug-likeness (QED) is 0.569. The summed E-state index contributed by atoms with van der Waals surface area (Å²) in [5.41, 5.74) is 3.38. The Morgan fingerprint density at radius 2 is 0.733 bits per heavy atom. The molecule has 0 aromatic heterocycles. The molecule has 6 nitrogen and oxygen atoms in total. The molecule has 2 saturated heterocycles. The van der Waals surface area contributed by atoms with Gasteiger partial charge in [-0.2, -0.15) is 0 Å². The number of cyclic esters (lactones) is 4. The zero-order chi connectivity index (χ0) is 20.6. The van der Waals surface area contributed by atoms with E-state index in [9.17, 15) is 19.2 Å². The van der Waals surface area contributed by atoms with Gasteiger partial charge in [0, 0.05) is 11.8 Å². The van der Waals surface area contributed by atoms with Crippen molar-refractivity contribution in [2.75, 3.05) is 0 Å². The molecule has 0 spiro atoms. The van der Waals surface area contributed by atoms with Gasteiger partial charge in [0.2, 0.25) is 0 Å². The van der Waals surface area contributed by atoms with Crippen molar-refractivity contribution in [3.8, 4) is 0 Å². The van der Waals surface area contributed by atoms with Crippen LogP contribution in [0.4, 0.5) is 0 Å². The SMILES string of the molecule is O=C1OC(=O)[C@@H]2C3C(c4ccccc4)=C(c4ccccc4)C([C@@H]12)[C@H]1C(=O)OC(=O)[C@@H]31. The van der Waals surface area contributed by atoms with Crippen LogP contribution in [0.2, 0.25) is 0 Å². The first-order chi connectivity index (χ1) is 14.6. The van der Waals surface area contributed by atoms with Crippen LogP contribution in [0.5, 0.6) is 0 Å². The zero-order valence-electron chi connectivity index (χ0n) is 15.7. The third kappa shape index (κ3) is 2.08. The van der Waals surface area contributed by atoms with Crippen molar-refractivity contribution < 1.29 is 28.7 Å². The van der Waals surface area contributed by atoms with E-state index < -0.39 is 59.4 Å². The highest BCUT2D eigenvalue weighted by atomic mass is 16.6. The minimum atomic E-state index is -0.787. The van der Waals surface area contributed by atoms with Gasteiger partial charge in [-0.3, -0.25) is 19.2 Å². The Labute approximate surface area is 171 Å². The summed E-state index contributed by atoms with van der Waals surface area (Å²) in [7, 11) is 0. The van der Waals surface area contributed by atoms with Crippen molar-refractivity contribution in [3.05, 3.63) is 71.8 Å². The van der Waals surface area contributed by atoms with Gasteiger partial charge < -0.3 is 9.47 Å². The van der Waals surface area contributed by atoms with Gasteiger partial charge in [-0.05, 0) is 22.3 Å². The molecule has 0 radical (unpaired) electrons. The highest BCUT2D eigenvalue weighted by molar-refractivity contribution is 6.11. The molecule has 3 aliphatic carbocycles. The molecule has 30 heavy (non-hydrogen) atoms. The van der Waals surface area contributed by atoms with E-state index in [0.29, 0.717) is 0 Å². The molecule has 0 N–H and O–H groups in total. The maximum Gasteiger partial charge on any atom is 0.318 e. The molecule has 2 bridgehead atoms. The maximum atomic E-state index is 12.7. The van der Waals surface area contributed by atoms with E-state index >= 15 is 0 Å². The van der Waals surface area contributed by atoms with Gasteiger partial charge in [0.15, 0.2) is 0 Å². The Morgan fingerprint density at radius 1 is 0.433 bits per heavy atom. The van der Waals surface area contributed by atoms with Crippen molar-refractivity contribution in [1.29, 1.82) is 0 Å². The number of carbonyl (C=O) groups excluding carboxylic acids is 4. The highest BCUT2D eigenvalue weighted by Crippen LogP contribution is 2.65. The van der Waals surface area contributed by atoms with Gasteiger partial charge in [-0.15, -0.1) is 0 Å². The van der Waals surface area contributed by atoms with E-state index in [2.05, 4.69) is 0 Å². The molecule has 5 aliphatic rings. The van der Waals surface area contributed by atoms with Gasteiger partial charge in [-0.25, -0.2) is 0 Å². The largest absolute Gasteiger partial charge is 0.393 e. The van der Waals surface area contributed by atoms with E-state index in [1.807, 2.05) is 60.7 Å². The number of carbonyl (C=O) groups is 4. The topological polar surface area (TPSA) is 86.7 Å². The standard InChI is InChI=1S/C24H16O6/c25-21-17-15-13(11-7-3-1-4-8-11)14(12-9-5-2-6-10-12)16(19(17)23(27)29-21)20-18(15)22(26)30-24(20)28/h1-10,15-20H/t15?,16?,17-,18-,19-,20+/m1/s1. The van der Waals surface area contributed by atoms with Gasteiger partial charge in [0.25, 0.3) is 0 Å². The molecule has 7 rings (SSSR count). The average molecular weight is 400 g/mol. The van der Waals surface area contributed by atoms with E-state index in [1.54, 1.807) is 0 Å². The number of hydrogen-bond donors (Lipinski definition) is 0. The number of hydrogen-bond acceptors (Lipinski definition) is 6. The second kappa shape index (κ2) is 5.98. The Morgan fingerprint density at radius 3 is 1.03 bits per heavy atom. The van der Waals surface area contributed by atoms with E-state index in [4.69, 9.17) is 9.47 Å². The molecular weight excluding hydrogens is 384 g/mol. The fraction of sp³-hybridized carbons (Fsp3) is 0.250. The second-order valence-corrected chi connectivity index (χ2v) is 8.19. The number of ether oxygens (including phenoxy) is 2. The van der Waals surface area contributed by atoms with E-state index in [1.165, 1.54) is 0 Å². The summed E-state index contributed by atoms with van der Waals surface area (Å²) in [5.74, 6) is -6.93. The van der Waals surface area contributed by atoms with Crippen LogP contribution in [0.15, 0.2) is 60.7 Å². The lowest BCUT2D eigenvalue weighted by atomic mass is 9.48. The number of rotatable bonds is 2. The first kappa shape index (κ1) is 17.3. The molecule has 148 valence electrons. The van der Waals surface area contributed by atoms with Crippen LogP contribution in [-0.2, 0) is 28.7 Å². The third-order valence-electron chi connectivity index (χ3n) is 6.94. The molecule has 3 fully saturated rings. The van der Waals surface area contributed by atoms with Crippen LogP contribution < -0.4 is 0 Å². The summed E-state index contributed by atoms with van der Waals surface area (Å²) in [5, 5.41) is 0. The van der Waals surface area contributed by atoms with Crippen molar-refractivity contribution in [2.24, 2.45) is 35.5 Å². The number of benzene rings is 2. The zero-order valence-corrected chi connectivity index (χ0v) is 15.7. The fourth-order valence-corrected chi connectivity index (χ4v) is 5.99. The van der Waals surface area contributed by atoms with Crippen molar-refractivity contribution in [1.82, 2.24) is 0 Å². The lowest BCUT2D eigenvalue weighted by Crippen LogP contribution is -2.53. The lowest BCUT2D eigenvalue weighted by Gasteiger charge is -2.49. The highest BCUT2D eigenvalue weighted by Gasteiger charge is 2.71. The minimum absolute atomic E-state index is 0.619. The van der Waals surface area contributed by atoms with Gasteiger partial charge in [0.05, 0.1) is 23.7 Å². The smallest absolute Gasteiger partial charge is 0.318 e. The van der Waals surface area contributed by atoms with Crippen LogP contribution in [-0.4, -0.2) is 23.9 Å². The summed E-state index contributed by atoms with van der Waals surface area (Å²) in [6.07, 6.45) is 0. The number of esters is 4. The van der Waals surface area contributed by atoms with E-state index in [0.717, 1.165) is 22.3 Å². The first-order valence-electron chi connectivity index (χ1n) is 9.94. The minimum Gasteiger partial charge on any atom is -0.393 e. The second-order valence-electron chi connectivity index (χ2n) is 8.19. The average Bonchev–Trinajstić information content (AvgIpc) is 3.25. The van der Waals surface area contributed by atoms with Crippen LogP contribution in [0, 0.1) is 35.5 Å². The Kier molecular flexibility index (Phi) is 3.46. The maximum absolute atomic E-state index is 12.7. The van der Waals surface area contributed by atoms with Crippen LogP contribution in [0.25, 0.3) is 11.1 Å². The Bertz CT molecular complexity index is 1020. The third-order valence-corrected chi connectivity index (χ3v) is 6.94. The van der Waals surface area contributed by atoms with Gasteiger partial charge in [-0.1, -0.05) is 60.7 Å². The molecule has 0 amide bonds. The van der Waals surface area contributed by atoms with E-state index in [-0.39, 0.29) is 0 Å². The molecule has 6 atom stereocenters. The Hall–Kier alpha value is -3.54.